The van der Waals surface area contributed by atoms with Gasteiger partial charge in [0.25, 0.3) is 11.8 Å². The molecule has 7 nitrogen and oxygen atoms in total. The van der Waals surface area contributed by atoms with Crippen LogP contribution in [-0.2, 0) is 16.1 Å². The lowest BCUT2D eigenvalue weighted by Gasteiger charge is -2.05. The summed E-state index contributed by atoms with van der Waals surface area (Å²) in [6.45, 7) is 8.42. The Labute approximate surface area is 164 Å². The molecule has 2 amide bonds. The Morgan fingerprint density at radius 3 is 2.32 bits per heavy atom. The van der Waals surface area contributed by atoms with Gasteiger partial charge >= 0.3 is 5.97 Å². The average Bonchev–Trinajstić information content (AvgIpc) is 2.94. The fraction of sp³-hybridized carbons (Fsp3) is 0.286. The van der Waals surface area contributed by atoms with Gasteiger partial charge in [-0.2, -0.15) is 0 Å². The minimum atomic E-state index is -0.514. The second-order valence-corrected chi connectivity index (χ2v) is 6.07. The highest BCUT2D eigenvalue weighted by Crippen LogP contribution is 2.24. The van der Waals surface area contributed by atoms with Crippen molar-refractivity contribution in [1.82, 2.24) is 15.4 Å². The fourth-order valence-electron chi connectivity index (χ4n) is 3.03. The molecule has 0 radical (unpaired) electrons. The predicted molar refractivity (Wildman–Crippen MR) is 107 cm³/mol. The van der Waals surface area contributed by atoms with Gasteiger partial charge in [0, 0.05) is 35.1 Å². The Balaban J connectivity index is 2.15. The normalized spacial score (nSPS) is 10.7. The van der Waals surface area contributed by atoms with Crippen molar-refractivity contribution in [3.05, 3.63) is 64.5 Å². The summed E-state index contributed by atoms with van der Waals surface area (Å²) in [5.74, 6) is -1.35. The molecular formula is C21H25N3O4. The molecule has 1 aromatic heterocycles. The van der Waals surface area contributed by atoms with E-state index >= 15 is 0 Å². The predicted octanol–water partition coefficient (Wildman–Crippen LogP) is 2.78. The third-order valence-electron chi connectivity index (χ3n) is 4.36. The van der Waals surface area contributed by atoms with Crippen LogP contribution in [0.3, 0.4) is 0 Å². The number of carbonyl (C=O) groups excluding carboxylic acids is 3. The van der Waals surface area contributed by atoms with Crippen LogP contribution in [-0.4, -0.2) is 29.0 Å². The molecule has 0 aliphatic heterocycles. The maximum Gasteiger partial charge on any atom is 0.340 e. The van der Waals surface area contributed by atoms with Crippen molar-refractivity contribution in [3.8, 4) is 0 Å². The van der Waals surface area contributed by atoms with E-state index in [0.717, 1.165) is 11.4 Å². The topological polar surface area (TPSA) is 89.4 Å². The van der Waals surface area contributed by atoms with Crippen molar-refractivity contribution < 1.29 is 19.1 Å². The van der Waals surface area contributed by atoms with E-state index in [2.05, 4.69) is 10.9 Å². The standard InChI is InChI=1S/C21H25N3O4/c1-5-24-14(3)17(19(15(24)4)21(27)28-6-2)12-13-18(25)22-23-20(26)16-10-8-7-9-11-16/h7-13H,5-6H2,1-4H3,(H,22,25)(H,23,26)/b13-12+. The number of ether oxygens (including phenoxy) is 1. The van der Waals surface area contributed by atoms with Crippen molar-refractivity contribution in [3.63, 3.8) is 0 Å². The van der Waals surface area contributed by atoms with E-state index in [-0.39, 0.29) is 6.61 Å². The minimum Gasteiger partial charge on any atom is -0.462 e. The number of hydrogen-bond acceptors (Lipinski definition) is 4. The first-order valence-corrected chi connectivity index (χ1v) is 9.10. The molecule has 0 atom stereocenters. The molecule has 0 saturated carbocycles. The highest BCUT2D eigenvalue weighted by molar-refractivity contribution is 6.00. The van der Waals surface area contributed by atoms with Crippen molar-refractivity contribution in [2.75, 3.05) is 6.61 Å². The van der Waals surface area contributed by atoms with Gasteiger partial charge in [0.2, 0.25) is 0 Å². The maximum atomic E-state index is 12.4. The summed E-state index contributed by atoms with van der Waals surface area (Å²) in [5.41, 5.74) is 7.83. The zero-order valence-electron chi connectivity index (χ0n) is 16.5. The molecule has 0 fully saturated rings. The lowest BCUT2D eigenvalue weighted by molar-refractivity contribution is -0.117. The van der Waals surface area contributed by atoms with Crippen molar-refractivity contribution >= 4 is 23.9 Å². The number of nitrogens with zero attached hydrogens (tertiary/aromatic N) is 1. The first-order valence-electron chi connectivity index (χ1n) is 9.10. The number of esters is 1. The lowest BCUT2D eigenvalue weighted by Crippen LogP contribution is -2.40. The van der Waals surface area contributed by atoms with Crippen LogP contribution in [0.1, 0.15) is 51.5 Å². The van der Waals surface area contributed by atoms with Crippen LogP contribution < -0.4 is 10.9 Å². The van der Waals surface area contributed by atoms with Gasteiger partial charge in [-0.25, -0.2) is 4.79 Å². The average molecular weight is 383 g/mol. The van der Waals surface area contributed by atoms with Crippen LogP contribution in [0.2, 0.25) is 0 Å². The first kappa shape index (κ1) is 21.0. The second kappa shape index (κ2) is 9.55. The zero-order valence-corrected chi connectivity index (χ0v) is 16.5. The molecule has 0 unspecified atom stereocenters. The van der Waals surface area contributed by atoms with Crippen molar-refractivity contribution in [2.45, 2.75) is 34.2 Å². The van der Waals surface area contributed by atoms with Gasteiger partial charge in [0.1, 0.15) is 0 Å². The Bertz CT molecular complexity index is 898. The summed E-state index contributed by atoms with van der Waals surface area (Å²) in [6, 6.07) is 8.55. The first-order chi connectivity index (χ1) is 13.4. The van der Waals surface area contributed by atoms with Crippen LogP contribution in [0.4, 0.5) is 0 Å². The molecule has 1 heterocycles. The zero-order chi connectivity index (χ0) is 20.7. The molecule has 0 aliphatic carbocycles. The number of hydrogen-bond donors (Lipinski definition) is 2. The van der Waals surface area contributed by atoms with E-state index < -0.39 is 17.8 Å². The van der Waals surface area contributed by atoms with Crippen LogP contribution in [0.5, 0.6) is 0 Å². The number of aromatic nitrogens is 1. The molecule has 28 heavy (non-hydrogen) atoms. The second-order valence-electron chi connectivity index (χ2n) is 6.07. The number of hydrazine groups is 1. The van der Waals surface area contributed by atoms with E-state index in [9.17, 15) is 14.4 Å². The molecule has 7 heteroatoms. The van der Waals surface area contributed by atoms with Gasteiger partial charge < -0.3 is 9.30 Å². The SMILES string of the molecule is CCOC(=O)c1c(/C=C/C(=O)NNC(=O)c2ccccc2)c(C)n(CC)c1C. The Morgan fingerprint density at radius 2 is 1.71 bits per heavy atom. The van der Waals surface area contributed by atoms with E-state index in [4.69, 9.17) is 4.74 Å². The summed E-state index contributed by atoms with van der Waals surface area (Å²) in [5, 5.41) is 0. The molecule has 2 rings (SSSR count). The van der Waals surface area contributed by atoms with Crippen molar-refractivity contribution in [2.24, 2.45) is 0 Å². The van der Waals surface area contributed by atoms with E-state index in [1.165, 1.54) is 6.08 Å². The summed E-state index contributed by atoms with van der Waals surface area (Å²) >= 11 is 0. The number of rotatable bonds is 6. The summed E-state index contributed by atoms with van der Waals surface area (Å²) < 4.78 is 7.14. The quantitative estimate of drug-likeness (QED) is 0.456. The number of amides is 2. The van der Waals surface area contributed by atoms with Gasteiger partial charge in [-0.1, -0.05) is 18.2 Å². The lowest BCUT2D eigenvalue weighted by atomic mass is 10.1. The smallest absolute Gasteiger partial charge is 0.340 e. The van der Waals surface area contributed by atoms with E-state index in [1.54, 1.807) is 43.3 Å². The minimum absolute atomic E-state index is 0.268. The molecule has 0 bridgehead atoms. The molecule has 0 spiro atoms. The van der Waals surface area contributed by atoms with Gasteiger partial charge in [-0.15, -0.1) is 0 Å². The molecular weight excluding hydrogens is 358 g/mol. The molecule has 0 aliphatic rings. The van der Waals surface area contributed by atoms with Crippen LogP contribution in [0.25, 0.3) is 6.08 Å². The molecule has 0 saturated heterocycles. The Morgan fingerprint density at radius 1 is 1.04 bits per heavy atom. The number of benzene rings is 1. The van der Waals surface area contributed by atoms with E-state index in [0.29, 0.717) is 23.2 Å². The fourth-order valence-corrected chi connectivity index (χ4v) is 3.03. The van der Waals surface area contributed by atoms with Gasteiger partial charge in [0.05, 0.1) is 12.2 Å². The van der Waals surface area contributed by atoms with Gasteiger partial charge in [-0.3, -0.25) is 20.4 Å². The Kier molecular flexibility index (Phi) is 7.14. The summed E-state index contributed by atoms with van der Waals surface area (Å²) in [4.78, 5) is 36.4. The number of nitrogens with one attached hydrogen (secondary N) is 2. The molecule has 2 aromatic rings. The molecule has 2 N–H and O–H groups in total. The van der Waals surface area contributed by atoms with E-state index in [1.807, 2.05) is 25.3 Å². The highest BCUT2D eigenvalue weighted by Gasteiger charge is 2.22. The third kappa shape index (κ3) is 4.68. The van der Waals surface area contributed by atoms with Crippen molar-refractivity contribution in [1.29, 1.82) is 0 Å². The van der Waals surface area contributed by atoms with Crippen LogP contribution >= 0.6 is 0 Å². The van der Waals surface area contributed by atoms with Gasteiger partial charge in [-0.05, 0) is 45.9 Å². The third-order valence-corrected chi connectivity index (χ3v) is 4.36. The number of carbonyl (C=O) groups is 3. The van der Waals surface area contributed by atoms with Crippen LogP contribution in [0.15, 0.2) is 36.4 Å². The highest BCUT2D eigenvalue weighted by atomic mass is 16.5. The van der Waals surface area contributed by atoms with Gasteiger partial charge in [0.15, 0.2) is 0 Å². The molecule has 1 aromatic carbocycles. The largest absolute Gasteiger partial charge is 0.462 e. The Hall–Kier alpha value is -3.35. The monoisotopic (exact) mass is 383 g/mol. The maximum absolute atomic E-state index is 12.4. The summed E-state index contributed by atoms with van der Waals surface area (Å²) in [7, 11) is 0. The van der Waals surface area contributed by atoms with Crippen LogP contribution in [0, 0.1) is 13.8 Å². The molecule has 148 valence electrons. The summed E-state index contributed by atoms with van der Waals surface area (Å²) in [6.07, 6.45) is 2.83.